The first-order valence-electron chi connectivity index (χ1n) is 7.03. The molecular formula is C18H14BrN3O. The maximum absolute atomic E-state index is 9.52. The van der Waals surface area contributed by atoms with Gasteiger partial charge in [-0.1, -0.05) is 22.0 Å². The van der Waals surface area contributed by atoms with E-state index in [0.717, 1.165) is 26.6 Å². The molecule has 1 aromatic heterocycles. The number of benzene rings is 2. The lowest BCUT2D eigenvalue weighted by molar-refractivity contribution is 0.414. The third-order valence-corrected chi connectivity index (χ3v) is 4.00. The van der Waals surface area contributed by atoms with Crippen molar-refractivity contribution < 1.29 is 4.74 Å². The average molecular weight is 368 g/mol. The summed E-state index contributed by atoms with van der Waals surface area (Å²) in [5.74, 6) is 1.25. The molecule has 0 spiro atoms. The van der Waals surface area contributed by atoms with Crippen LogP contribution in [-0.4, -0.2) is 17.1 Å². The Labute approximate surface area is 142 Å². The second-order valence-corrected chi connectivity index (χ2v) is 6.08. The summed E-state index contributed by atoms with van der Waals surface area (Å²) in [5.41, 5.74) is 4.17. The van der Waals surface area contributed by atoms with Gasteiger partial charge in [-0.15, -0.1) is 0 Å². The van der Waals surface area contributed by atoms with Crippen molar-refractivity contribution in [3.05, 3.63) is 57.8 Å². The van der Waals surface area contributed by atoms with Gasteiger partial charge in [-0.2, -0.15) is 5.26 Å². The molecule has 0 saturated carbocycles. The molecule has 0 aliphatic rings. The SMILES string of the molecule is COc1ccc(Br)cc1C=C(C#N)c1nc2ccc(C)cc2[nH]1. The van der Waals surface area contributed by atoms with E-state index in [1.807, 2.05) is 43.3 Å². The zero-order valence-electron chi connectivity index (χ0n) is 12.7. The standard InChI is InChI=1S/C18H14BrN3O/c1-11-3-5-15-16(7-11)22-18(21-15)13(10-20)8-12-9-14(19)4-6-17(12)23-2/h3-9H,1-2H3,(H,21,22). The molecule has 0 unspecified atom stereocenters. The van der Waals surface area contributed by atoms with Crippen molar-refractivity contribution in [2.45, 2.75) is 6.92 Å². The molecule has 0 radical (unpaired) electrons. The van der Waals surface area contributed by atoms with E-state index in [4.69, 9.17) is 4.74 Å². The molecule has 3 rings (SSSR count). The first-order valence-corrected chi connectivity index (χ1v) is 7.82. The van der Waals surface area contributed by atoms with Gasteiger partial charge in [0.2, 0.25) is 0 Å². The van der Waals surface area contributed by atoms with E-state index in [2.05, 4.69) is 32.0 Å². The summed E-state index contributed by atoms with van der Waals surface area (Å²) in [6, 6.07) is 13.8. The second-order valence-electron chi connectivity index (χ2n) is 5.16. The molecule has 4 nitrogen and oxygen atoms in total. The summed E-state index contributed by atoms with van der Waals surface area (Å²) in [7, 11) is 1.61. The van der Waals surface area contributed by atoms with E-state index in [1.165, 1.54) is 0 Å². The van der Waals surface area contributed by atoms with Gasteiger partial charge in [0.1, 0.15) is 17.6 Å². The minimum Gasteiger partial charge on any atom is -0.496 e. The Morgan fingerprint density at radius 2 is 2.13 bits per heavy atom. The summed E-state index contributed by atoms with van der Waals surface area (Å²) < 4.78 is 6.27. The topological polar surface area (TPSA) is 61.7 Å². The zero-order chi connectivity index (χ0) is 16.4. The van der Waals surface area contributed by atoms with Crippen LogP contribution >= 0.6 is 15.9 Å². The van der Waals surface area contributed by atoms with Crippen molar-refractivity contribution in [3.63, 3.8) is 0 Å². The van der Waals surface area contributed by atoms with Gasteiger partial charge in [0.15, 0.2) is 0 Å². The number of hydrogen-bond acceptors (Lipinski definition) is 3. The van der Waals surface area contributed by atoms with E-state index in [-0.39, 0.29) is 0 Å². The predicted octanol–water partition coefficient (Wildman–Crippen LogP) is 4.71. The molecule has 1 N–H and O–H groups in total. The lowest BCUT2D eigenvalue weighted by Crippen LogP contribution is -1.89. The number of allylic oxidation sites excluding steroid dienone is 1. The monoisotopic (exact) mass is 367 g/mol. The van der Waals surface area contributed by atoms with E-state index in [9.17, 15) is 5.26 Å². The van der Waals surface area contributed by atoms with Gasteiger partial charge in [-0.05, 0) is 48.9 Å². The molecule has 0 amide bonds. The first-order chi connectivity index (χ1) is 11.1. The van der Waals surface area contributed by atoms with Crippen LogP contribution in [0, 0.1) is 18.3 Å². The maximum Gasteiger partial charge on any atom is 0.149 e. The Morgan fingerprint density at radius 1 is 1.30 bits per heavy atom. The van der Waals surface area contributed by atoms with Crippen LogP contribution in [0.5, 0.6) is 5.75 Å². The van der Waals surface area contributed by atoms with Gasteiger partial charge in [-0.3, -0.25) is 0 Å². The summed E-state index contributed by atoms with van der Waals surface area (Å²) in [6.07, 6.45) is 1.77. The lowest BCUT2D eigenvalue weighted by atomic mass is 10.1. The van der Waals surface area contributed by atoms with Crippen LogP contribution in [0.2, 0.25) is 0 Å². The summed E-state index contributed by atoms with van der Waals surface area (Å²) in [6.45, 7) is 2.02. The first kappa shape index (κ1) is 15.3. The molecule has 3 aromatic rings. The maximum atomic E-state index is 9.52. The second kappa shape index (κ2) is 6.27. The number of imidazole rings is 1. The molecule has 0 saturated heterocycles. The van der Waals surface area contributed by atoms with Crippen molar-refractivity contribution in [1.29, 1.82) is 5.26 Å². The summed E-state index contributed by atoms with van der Waals surface area (Å²) >= 11 is 3.44. The number of aromatic amines is 1. The van der Waals surface area contributed by atoms with Crippen molar-refractivity contribution >= 4 is 38.6 Å². The van der Waals surface area contributed by atoms with Crippen LogP contribution in [0.25, 0.3) is 22.7 Å². The highest BCUT2D eigenvalue weighted by atomic mass is 79.9. The van der Waals surface area contributed by atoms with Crippen LogP contribution < -0.4 is 4.74 Å². The summed E-state index contributed by atoms with van der Waals surface area (Å²) in [5, 5.41) is 9.52. The number of hydrogen-bond donors (Lipinski definition) is 1. The molecule has 1 heterocycles. The van der Waals surface area contributed by atoms with E-state index in [1.54, 1.807) is 13.2 Å². The number of nitriles is 1. The highest BCUT2D eigenvalue weighted by Gasteiger charge is 2.10. The number of aryl methyl sites for hydroxylation is 1. The van der Waals surface area contributed by atoms with Crippen molar-refractivity contribution in [2.24, 2.45) is 0 Å². The third-order valence-electron chi connectivity index (χ3n) is 3.50. The number of methoxy groups -OCH3 is 1. The Balaban J connectivity index is 2.11. The van der Waals surface area contributed by atoms with Crippen molar-refractivity contribution in [2.75, 3.05) is 7.11 Å². The highest BCUT2D eigenvalue weighted by Crippen LogP contribution is 2.27. The number of halogens is 1. The molecule has 0 fully saturated rings. The molecule has 2 aromatic carbocycles. The van der Waals surface area contributed by atoms with Gasteiger partial charge in [-0.25, -0.2) is 4.98 Å². The zero-order valence-corrected chi connectivity index (χ0v) is 14.3. The number of ether oxygens (including phenoxy) is 1. The number of fused-ring (bicyclic) bond motifs is 1. The van der Waals surface area contributed by atoms with E-state index < -0.39 is 0 Å². The molecule has 23 heavy (non-hydrogen) atoms. The minimum absolute atomic E-state index is 0.454. The van der Waals surface area contributed by atoms with Gasteiger partial charge in [0.05, 0.1) is 23.7 Å². The smallest absolute Gasteiger partial charge is 0.149 e. The Hall–Kier alpha value is -2.58. The quantitative estimate of drug-likeness (QED) is 0.682. The van der Waals surface area contributed by atoms with Crippen molar-refractivity contribution in [3.8, 4) is 11.8 Å². The van der Waals surface area contributed by atoms with Gasteiger partial charge in [0, 0.05) is 10.0 Å². The fraction of sp³-hybridized carbons (Fsp3) is 0.111. The number of rotatable bonds is 3. The van der Waals surface area contributed by atoms with Crippen LogP contribution in [0.15, 0.2) is 40.9 Å². The Morgan fingerprint density at radius 3 is 2.87 bits per heavy atom. The van der Waals surface area contributed by atoms with Crippen LogP contribution in [0.3, 0.4) is 0 Å². The predicted molar refractivity (Wildman–Crippen MR) is 95.0 cm³/mol. The largest absolute Gasteiger partial charge is 0.496 e. The van der Waals surface area contributed by atoms with E-state index >= 15 is 0 Å². The number of nitrogens with zero attached hydrogens (tertiary/aromatic N) is 2. The number of aromatic nitrogens is 2. The summed E-state index contributed by atoms with van der Waals surface area (Å²) in [4.78, 5) is 7.71. The third kappa shape index (κ3) is 3.13. The Kier molecular flexibility index (Phi) is 4.18. The fourth-order valence-corrected chi connectivity index (χ4v) is 2.76. The van der Waals surface area contributed by atoms with Crippen LogP contribution in [0.1, 0.15) is 17.0 Å². The minimum atomic E-state index is 0.454. The molecule has 0 aliphatic heterocycles. The Bertz CT molecular complexity index is 951. The van der Waals surface area contributed by atoms with E-state index in [0.29, 0.717) is 17.1 Å². The molecule has 5 heteroatoms. The van der Waals surface area contributed by atoms with Crippen molar-refractivity contribution in [1.82, 2.24) is 9.97 Å². The average Bonchev–Trinajstić information content (AvgIpc) is 2.95. The van der Waals surface area contributed by atoms with Gasteiger partial charge >= 0.3 is 0 Å². The molecule has 0 atom stereocenters. The lowest BCUT2D eigenvalue weighted by Gasteiger charge is -2.05. The fourth-order valence-electron chi connectivity index (χ4n) is 2.38. The van der Waals surface area contributed by atoms with Crippen LogP contribution in [0.4, 0.5) is 0 Å². The van der Waals surface area contributed by atoms with Gasteiger partial charge < -0.3 is 9.72 Å². The molecule has 0 bridgehead atoms. The molecule has 0 aliphatic carbocycles. The molecular weight excluding hydrogens is 354 g/mol. The van der Waals surface area contributed by atoms with Gasteiger partial charge in [0.25, 0.3) is 0 Å². The number of H-pyrrole nitrogens is 1. The molecule has 114 valence electrons. The highest BCUT2D eigenvalue weighted by molar-refractivity contribution is 9.10. The normalized spacial score (nSPS) is 11.5. The number of nitrogens with one attached hydrogen (secondary N) is 1. The van der Waals surface area contributed by atoms with Crippen LogP contribution in [-0.2, 0) is 0 Å².